The van der Waals surface area contributed by atoms with Crippen molar-refractivity contribution < 1.29 is 28.3 Å². The van der Waals surface area contributed by atoms with Crippen LogP contribution in [0.15, 0.2) is 46.9 Å². The van der Waals surface area contributed by atoms with Crippen molar-refractivity contribution in [2.24, 2.45) is 5.41 Å². The van der Waals surface area contributed by atoms with Gasteiger partial charge in [0.05, 0.1) is 17.6 Å². The van der Waals surface area contributed by atoms with E-state index in [9.17, 15) is 23.6 Å². The first kappa shape index (κ1) is 22.9. The van der Waals surface area contributed by atoms with Crippen molar-refractivity contribution in [2.45, 2.75) is 32.9 Å². The highest BCUT2D eigenvalue weighted by Gasteiger charge is 2.64. The smallest absolute Gasteiger partial charge is 0.328 e. The lowest BCUT2D eigenvalue weighted by Gasteiger charge is -2.23. The molecule has 0 radical (unpaired) electrons. The molecule has 1 atom stereocenters. The lowest BCUT2D eigenvalue weighted by atomic mass is 9.91. The number of ether oxygens (including phenoxy) is 1. The summed E-state index contributed by atoms with van der Waals surface area (Å²) in [6.45, 7) is 4.15. The molecular weight excluding hydrogens is 497 g/mol. The fourth-order valence-electron chi connectivity index (χ4n) is 3.79. The van der Waals surface area contributed by atoms with Gasteiger partial charge >= 0.3 is 12.0 Å². The lowest BCUT2D eigenvalue weighted by molar-refractivity contribution is -0.158. The quantitative estimate of drug-likeness (QED) is 0.380. The van der Waals surface area contributed by atoms with Gasteiger partial charge in [0, 0.05) is 15.6 Å². The van der Waals surface area contributed by atoms with Crippen LogP contribution >= 0.6 is 15.9 Å². The summed E-state index contributed by atoms with van der Waals surface area (Å²) < 4.78 is 20.2. The second kappa shape index (κ2) is 7.95. The number of carbonyl (C=O) groups is 4. The number of nitrogens with one attached hydrogen (secondary N) is 1. The molecular formula is C23H21BrFN3O5. The van der Waals surface area contributed by atoms with Crippen molar-refractivity contribution >= 4 is 45.4 Å². The molecule has 10 heteroatoms. The zero-order chi connectivity index (χ0) is 24.1. The Morgan fingerprint density at radius 2 is 1.76 bits per heavy atom. The molecule has 2 heterocycles. The molecule has 8 nitrogen and oxygen atoms in total. The Hall–Kier alpha value is -3.27. The van der Waals surface area contributed by atoms with Gasteiger partial charge in [0.15, 0.2) is 6.73 Å². The number of rotatable bonds is 4. The van der Waals surface area contributed by atoms with E-state index in [-0.39, 0.29) is 17.7 Å². The van der Waals surface area contributed by atoms with Crippen LogP contribution in [-0.2, 0) is 31.2 Å². The van der Waals surface area contributed by atoms with Crippen LogP contribution in [0.2, 0.25) is 0 Å². The highest BCUT2D eigenvalue weighted by molar-refractivity contribution is 9.10. The van der Waals surface area contributed by atoms with Gasteiger partial charge in [0.2, 0.25) is 5.54 Å². The third-order valence-corrected chi connectivity index (χ3v) is 6.04. The van der Waals surface area contributed by atoms with Gasteiger partial charge in [-0.25, -0.2) is 14.1 Å². The minimum atomic E-state index is -2.01. The third-order valence-electron chi connectivity index (χ3n) is 5.55. The summed E-state index contributed by atoms with van der Waals surface area (Å²) in [4.78, 5) is 53.8. The van der Waals surface area contributed by atoms with E-state index in [0.29, 0.717) is 15.1 Å². The second-order valence-corrected chi connectivity index (χ2v) is 9.78. The predicted octanol–water partition coefficient (Wildman–Crippen LogP) is 3.43. The van der Waals surface area contributed by atoms with Crippen molar-refractivity contribution in [3.8, 4) is 0 Å². The zero-order valence-electron chi connectivity index (χ0n) is 18.1. The predicted molar refractivity (Wildman–Crippen MR) is 119 cm³/mol. The molecule has 1 unspecified atom stereocenters. The molecule has 2 aromatic rings. The van der Waals surface area contributed by atoms with Crippen LogP contribution in [0.1, 0.15) is 31.9 Å². The Kier molecular flexibility index (Phi) is 5.52. The molecule has 0 aliphatic carbocycles. The standard InChI is InChI=1S/C23H21BrFN3O5/c1-22(2,3)20(31)33-12-28-19(30)23(26-21(28)32)15-6-4-5-7-17(15)27(18(23)29)11-13-8-9-14(24)10-16(13)25/h4-10H,11-12H2,1-3H3,(H,26,32). The van der Waals surface area contributed by atoms with Crippen LogP contribution < -0.4 is 10.2 Å². The monoisotopic (exact) mass is 517 g/mol. The van der Waals surface area contributed by atoms with Gasteiger partial charge in [-0.3, -0.25) is 14.4 Å². The number of esters is 1. The number of halogens is 2. The van der Waals surface area contributed by atoms with E-state index in [4.69, 9.17) is 4.74 Å². The number of imide groups is 1. The Morgan fingerprint density at radius 1 is 1.09 bits per heavy atom. The molecule has 1 spiro atoms. The summed E-state index contributed by atoms with van der Waals surface area (Å²) in [7, 11) is 0. The van der Waals surface area contributed by atoms with E-state index in [1.165, 1.54) is 17.0 Å². The van der Waals surface area contributed by atoms with E-state index < -0.39 is 47.3 Å². The summed E-state index contributed by atoms with van der Waals surface area (Å²) >= 11 is 3.20. The maximum absolute atomic E-state index is 14.5. The number of amides is 4. The van der Waals surface area contributed by atoms with Gasteiger partial charge in [-0.05, 0) is 39.0 Å². The molecule has 1 N–H and O–H groups in total. The SMILES string of the molecule is CC(C)(C)C(=O)OCN1C(=O)NC2(C1=O)C(=O)N(Cc1ccc(Br)cc1F)c1ccccc12. The number of fused-ring (bicyclic) bond motifs is 2. The van der Waals surface area contributed by atoms with Crippen molar-refractivity contribution in [2.75, 3.05) is 11.6 Å². The van der Waals surface area contributed by atoms with Crippen LogP contribution in [0, 0.1) is 11.2 Å². The first-order chi connectivity index (χ1) is 15.5. The van der Waals surface area contributed by atoms with Crippen LogP contribution in [0.4, 0.5) is 14.9 Å². The highest BCUT2D eigenvalue weighted by Crippen LogP contribution is 2.44. The number of hydrogen-bond donors (Lipinski definition) is 1. The first-order valence-corrected chi connectivity index (χ1v) is 10.9. The molecule has 2 aliphatic heterocycles. The van der Waals surface area contributed by atoms with Crippen molar-refractivity contribution in [1.29, 1.82) is 0 Å². The largest absolute Gasteiger partial charge is 0.443 e. The topological polar surface area (TPSA) is 96.0 Å². The van der Waals surface area contributed by atoms with Gasteiger partial charge < -0.3 is 15.0 Å². The maximum Gasteiger partial charge on any atom is 0.328 e. The summed E-state index contributed by atoms with van der Waals surface area (Å²) in [5.74, 6) is -2.69. The number of urea groups is 1. The summed E-state index contributed by atoms with van der Waals surface area (Å²) in [6.07, 6.45) is 0. The third kappa shape index (κ3) is 3.68. The van der Waals surface area contributed by atoms with Crippen LogP contribution in [0.25, 0.3) is 0 Å². The van der Waals surface area contributed by atoms with Crippen molar-refractivity contribution in [1.82, 2.24) is 10.2 Å². The Bertz CT molecular complexity index is 1190. The van der Waals surface area contributed by atoms with Crippen LogP contribution in [0.5, 0.6) is 0 Å². The van der Waals surface area contributed by atoms with E-state index in [1.807, 2.05) is 0 Å². The Morgan fingerprint density at radius 3 is 2.42 bits per heavy atom. The number of nitrogens with zero attached hydrogens (tertiary/aromatic N) is 2. The summed E-state index contributed by atoms with van der Waals surface area (Å²) in [5.41, 5.74) is -1.94. The van der Waals surface area contributed by atoms with Gasteiger partial charge in [-0.1, -0.05) is 40.2 Å². The molecule has 4 amide bonds. The molecule has 33 heavy (non-hydrogen) atoms. The van der Waals surface area contributed by atoms with Crippen molar-refractivity contribution in [3.05, 3.63) is 63.9 Å². The molecule has 0 aromatic heterocycles. The average molecular weight is 518 g/mol. The summed E-state index contributed by atoms with van der Waals surface area (Å²) in [5, 5.41) is 2.49. The molecule has 1 fully saturated rings. The summed E-state index contributed by atoms with van der Waals surface area (Å²) in [6, 6.07) is 10.1. The molecule has 0 bridgehead atoms. The molecule has 1 saturated heterocycles. The molecule has 4 rings (SSSR count). The van der Waals surface area contributed by atoms with Gasteiger partial charge in [0.25, 0.3) is 11.8 Å². The van der Waals surface area contributed by atoms with Crippen LogP contribution in [-0.4, -0.2) is 35.4 Å². The fourth-order valence-corrected chi connectivity index (χ4v) is 4.12. The van der Waals surface area contributed by atoms with Gasteiger partial charge in [-0.2, -0.15) is 0 Å². The number of para-hydroxylation sites is 1. The van der Waals surface area contributed by atoms with Crippen LogP contribution in [0.3, 0.4) is 0 Å². The lowest BCUT2D eigenvalue weighted by Crippen LogP contribution is -2.52. The van der Waals surface area contributed by atoms with Crippen molar-refractivity contribution in [3.63, 3.8) is 0 Å². The normalized spacial score (nSPS) is 19.8. The molecule has 172 valence electrons. The van der Waals surface area contributed by atoms with Gasteiger partial charge in [0.1, 0.15) is 5.82 Å². The molecule has 2 aromatic carbocycles. The maximum atomic E-state index is 14.5. The Balaban J connectivity index is 1.68. The Labute approximate surface area is 197 Å². The van der Waals surface area contributed by atoms with Gasteiger partial charge in [-0.15, -0.1) is 0 Å². The number of carbonyl (C=O) groups excluding carboxylic acids is 4. The number of benzene rings is 2. The minimum absolute atomic E-state index is 0.140. The minimum Gasteiger partial charge on any atom is -0.443 e. The second-order valence-electron chi connectivity index (χ2n) is 8.87. The van der Waals surface area contributed by atoms with E-state index in [2.05, 4.69) is 21.2 Å². The number of hydrogen-bond acceptors (Lipinski definition) is 5. The zero-order valence-corrected chi connectivity index (χ0v) is 19.7. The average Bonchev–Trinajstić information content (AvgIpc) is 3.13. The van der Waals surface area contributed by atoms with E-state index in [0.717, 1.165) is 0 Å². The van der Waals surface area contributed by atoms with E-state index in [1.54, 1.807) is 51.1 Å². The molecule has 0 saturated carbocycles. The fraction of sp³-hybridized carbons (Fsp3) is 0.304. The highest BCUT2D eigenvalue weighted by atomic mass is 79.9. The molecule has 2 aliphatic rings. The number of anilines is 1. The van der Waals surface area contributed by atoms with E-state index >= 15 is 0 Å². The first-order valence-electron chi connectivity index (χ1n) is 10.1.